The molecule has 1 atom stereocenters. The SMILES string of the molecule is COc1ccc(C)cc1S(=O)(=O)N1CCCC1c1cc(Nc2cnccn2)cc(C)n1. The average Bonchev–Trinajstić information content (AvgIpc) is 3.25. The molecule has 0 amide bonds. The summed E-state index contributed by atoms with van der Waals surface area (Å²) in [6.07, 6.45) is 6.31. The van der Waals surface area contributed by atoms with E-state index in [2.05, 4.69) is 20.3 Å². The third kappa shape index (κ3) is 4.38. The van der Waals surface area contributed by atoms with Crippen molar-refractivity contribution >= 4 is 21.5 Å². The topological polar surface area (TPSA) is 97.3 Å². The van der Waals surface area contributed by atoms with E-state index in [0.29, 0.717) is 30.2 Å². The Morgan fingerprint density at radius 2 is 2.00 bits per heavy atom. The summed E-state index contributed by atoms with van der Waals surface area (Å²) in [4.78, 5) is 13.2. The Labute approximate surface area is 182 Å². The lowest BCUT2D eigenvalue weighted by molar-refractivity contribution is 0.377. The summed E-state index contributed by atoms with van der Waals surface area (Å²) in [7, 11) is -2.28. The lowest BCUT2D eigenvalue weighted by Crippen LogP contribution is -2.31. The van der Waals surface area contributed by atoms with Gasteiger partial charge < -0.3 is 10.1 Å². The van der Waals surface area contributed by atoms with Gasteiger partial charge in [0, 0.05) is 30.3 Å². The van der Waals surface area contributed by atoms with Crippen LogP contribution in [-0.2, 0) is 10.0 Å². The van der Waals surface area contributed by atoms with E-state index < -0.39 is 10.0 Å². The Morgan fingerprint density at radius 3 is 2.74 bits per heavy atom. The predicted molar refractivity (Wildman–Crippen MR) is 118 cm³/mol. The van der Waals surface area contributed by atoms with E-state index in [1.165, 1.54) is 11.4 Å². The summed E-state index contributed by atoms with van der Waals surface area (Å²) in [5.41, 5.74) is 3.15. The number of ether oxygens (including phenoxy) is 1. The van der Waals surface area contributed by atoms with Gasteiger partial charge in [-0.2, -0.15) is 4.31 Å². The lowest BCUT2D eigenvalue weighted by Gasteiger charge is -2.25. The van der Waals surface area contributed by atoms with Crippen LogP contribution >= 0.6 is 0 Å². The molecule has 0 saturated carbocycles. The first kappa shape index (κ1) is 21.2. The van der Waals surface area contributed by atoms with Crippen LogP contribution in [-0.4, -0.2) is 41.3 Å². The van der Waals surface area contributed by atoms with Crippen LogP contribution in [0.2, 0.25) is 0 Å². The highest BCUT2D eigenvalue weighted by atomic mass is 32.2. The normalized spacial score (nSPS) is 16.9. The fourth-order valence-electron chi connectivity index (χ4n) is 3.88. The minimum absolute atomic E-state index is 0.187. The largest absolute Gasteiger partial charge is 0.495 e. The minimum Gasteiger partial charge on any atom is -0.495 e. The molecule has 1 aliphatic rings. The number of rotatable bonds is 6. The van der Waals surface area contributed by atoms with Crippen LogP contribution < -0.4 is 10.1 Å². The van der Waals surface area contributed by atoms with Gasteiger partial charge in [-0.1, -0.05) is 6.07 Å². The summed E-state index contributed by atoms with van der Waals surface area (Å²) in [6.45, 7) is 4.20. The van der Waals surface area contributed by atoms with E-state index in [-0.39, 0.29) is 10.9 Å². The van der Waals surface area contributed by atoms with Crippen LogP contribution in [0.3, 0.4) is 0 Å². The van der Waals surface area contributed by atoms with Crippen LogP contribution in [0, 0.1) is 13.8 Å². The summed E-state index contributed by atoms with van der Waals surface area (Å²) in [5.74, 6) is 0.956. The van der Waals surface area contributed by atoms with E-state index >= 15 is 0 Å². The quantitative estimate of drug-likeness (QED) is 0.624. The van der Waals surface area contributed by atoms with E-state index in [1.807, 2.05) is 32.0 Å². The lowest BCUT2D eigenvalue weighted by atomic mass is 10.1. The zero-order valence-electron chi connectivity index (χ0n) is 17.7. The molecule has 3 aromatic rings. The number of nitrogens with one attached hydrogen (secondary N) is 1. The smallest absolute Gasteiger partial charge is 0.247 e. The molecule has 1 N–H and O–H groups in total. The average molecular weight is 440 g/mol. The monoisotopic (exact) mass is 439 g/mol. The number of sulfonamides is 1. The minimum atomic E-state index is -3.76. The van der Waals surface area contributed by atoms with Crippen LogP contribution in [0.1, 0.15) is 35.8 Å². The highest BCUT2D eigenvalue weighted by Crippen LogP contribution is 2.39. The van der Waals surface area contributed by atoms with Gasteiger partial charge in [-0.3, -0.25) is 9.97 Å². The van der Waals surface area contributed by atoms with E-state index in [9.17, 15) is 8.42 Å². The second-order valence-corrected chi connectivity index (χ2v) is 9.42. The predicted octanol–water partition coefficient (Wildman–Crippen LogP) is 3.77. The molecule has 8 nitrogen and oxygen atoms in total. The molecular formula is C22H25N5O3S. The van der Waals surface area contributed by atoms with Crippen molar-refractivity contribution in [3.05, 3.63) is 65.9 Å². The van der Waals surface area contributed by atoms with Crippen LogP contribution in [0.15, 0.2) is 53.8 Å². The van der Waals surface area contributed by atoms with Crippen molar-refractivity contribution in [1.29, 1.82) is 0 Å². The molecule has 4 rings (SSSR count). The molecule has 2 aromatic heterocycles. The standard InChI is InChI=1S/C22H25N5O3S/c1-15-6-7-20(30-3)21(11-15)31(28,29)27-10-4-5-19(27)18-13-17(12-16(2)25-18)26-22-14-23-8-9-24-22/h6-9,11-14,19H,4-5,10H2,1-3H3,(H,24,25,26). The molecule has 1 aromatic carbocycles. The van der Waals surface area contributed by atoms with Gasteiger partial charge in [-0.05, 0) is 56.5 Å². The second kappa shape index (κ2) is 8.60. The van der Waals surface area contributed by atoms with Gasteiger partial charge in [0.05, 0.1) is 25.0 Å². The number of anilines is 2. The molecule has 3 heterocycles. The van der Waals surface area contributed by atoms with Gasteiger partial charge in [0.2, 0.25) is 10.0 Å². The van der Waals surface area contributed by atoms with Crippen molar-refractivity contribution < 1.29 is 13.2 Å². The summed E-state index contributed by atoms with van der Waals surface area (Å²) < 4.78 is 34.1. The summed E-state index contributed by atoms with van der Waals surface area (Å²) >= 11 is 0. The van der Waals surface area contributed by atoms with Crippen molar-refractivity contribution in [3.8, 4) is 5.75 Å². The van der Waals surface area contributed by atoms with Gasteiger partial charge in [0.1, 0.15) is 16.5 Å². The Balaban J connectivity index is 1.70. The first-order valence-electron chi connectivity index (χ1n) is 10.1. The number of aromatic nitrogens is 3. The first-order valence-corrected chi connectivity index (χ1v) is 11.5. The zero-order chi connectivity index (χ0) is 22.0. The molecule has 0 bridgehead atoms. The Morgan fingerprint density at radius 1 is 1.16 bits per heavy atom. The summed E-state index contributed by atoms with van der Waals surface area (Å²) in [6, 6.07) is 8.63. The van der Waals surface area contributed by atoms with E-state index in [0.717, 1.165) is 23.4 Å². The molecule has 31 heavy (non-hydrogen) atoms. The number of hydrogen-bond donors (Lipinski definition) is 1. The third-order valence-corrected chi connectivity index (χ3v) is 7.19. The van der Waals surface area contributed by atoms with Gasteiger partial charge in [-0.15, -0.1) is 0 Å². The van der Waals surface area contributed by atoms with Crippen molar-refractivity contribution in [2.45, 2.75) is 37.6 Å². The fourth-order valence-corrected chi connectivity index (χ4v) is 5.79. The maximum absolute atomic E-state index is 13.6. The fraction of sp³-hybridized carbons (Fsp3) is 0.318. The Hall–Kier alpha value is -3.04. The molecule has 0 spiro atoms. The van der Waals surface area contributed by atoms with E-state index in [4.69, 9.17) is 4.74 Å². The second-order valence-electron chi connectivity index (χ2n) is 7.57. The van der Waals surface area contributed by atoms with Crippen LogP contribution in [0.4, 0.5) is 11.5 Å². The number of pyridine rings is 1. The number of benzene rings is 1. The molecule has 1 unspecified atom stereocenters. The van der Waals surface area contributed by atoms with Gasteiger partial charge in [0.25, 0.3) is 0 Å². The number of methoxy groups -OCH3 is 1. The molecule has 1 fully saturated rings. The number of nitrogens with zero attached hydrogens (tertiary/aromatic N) is 4. The maximum Gasteiger partial charge on any atom is 0.247 e. The first-order chi connectivity index (χ1) is 14.9. The Bertz CT molecular complexity index is 1190. The highest BCUT2D eigenvalue weighted by Gasteiger charge is 2.38. The van der Waals surface area contributed by atoms with Gasteiger partial charge in [0.15, 0.2) is 0 Å². The maximum atomic E-state index is 13.6. The number of aryl methyl sites for hydroxylation is 2. The molecule has 1 aliphatic heterocycles. The molecular weight excluding hydrogens is 414 g/mol. The molecule has 0 aliphatic carbocycles. The van der Waals surface area contributed by atoms with Crippen molar-refractivity contribution in [1.82, 2.24) is 19.3 Å². The summed E-state index contributed by atoms with van der Waals surface area (Å²) in [5, 5.41) is 3.22. The molecule has 0 radical (unpaired) electrons. The van der Waals surface area contributed by atoms with Gasteiger partial charge >= 0.3 is 0 Å². The highest BCUT2D eigenvalue weighted by molar-refractivity contribution is 7.89. The Kier molecular flexibility index (Phi) is 5.88. The third-order valence-electron chi connectivity index (χ3n) is 5.26. The molecule has 9 heteroatoms. The number of hydrogen-bond acceptors (Lipinski definition) is 7. The molecule has 1 saturated heterocycles. The molecule has 162 valence electrons. The van der Waals surface area contributed by atoms with E-state index in [1.54, 1.807) is 30.7 Å². The van der Waals surface area contributed by atoms with Crippen molar-refractivity contribution in [2.75, 3.05) is 19.0 Å². The van der Waals surface area contributed by atoms with Gasteiger partial charge in [-0.25, -0.2) is 13.4 Å². The van der Waals surface area contributed by atoms with Crippen molar-refractivity contribution in [3.63, 3.8) is 0 Å². The van der Waals surface area contributed by atoms with Crippen LogP contribution in [0.25, 0.3) is 0 Å². The zero-order valence-corrected chi connectivity index (χ0v) is 18.6. The van der Waals surface area contributed by atoms with Crippen molar-refractivity contribution in [2.24, 2.45) is 0 Å². The van der Waals surface area contributed by atoms with Crippen LogP contribution in [0.5, 0.6) is 5.75 Å².